The third kappa shape index (κ3) is 5.71. The Balaban J connectivity index is 0. The molecule has 0 aromatic rings. The Morgan fingerprint density at radius 3 is 2.58 bits per heavy atom. The maximum Gasteiger partial charge on any atom is 0.409 e. The van der Waals surface area contributed by atoms with Crippen molar-refractivity contribution in [2.75, 3.05) is 20.2 Å². The topological polar surface area (TPSA) is 95.9 Å². The third-order valence-electron chi connectivity index (χ3n) is 2.38. The summed E-state index contributed by atoms with van der Waals surface area (Å²) in [4.78, 5) is 33.8. The van der Waals surface area contributed by atoms with E-state index in [2.05, 4.69) is 11.9 Å². The number of hydrogen-bond acceptors (Lipinski definition) is 4. The van der Waals surface area contributed by atoms with Crippen molar-refractivity contribution in [3.63, 3.8) is 0 Å². The molecule has 2 amide bonds. The SMILES string of the molecule is C=CCOC(=O)N(C)CCC(C)(N[C-]=O)C(=O)O.[Fm]. The molecule has 0 aromatic heterocycles. The van der Waals surface area contributed by atoms with E-state index in [1.807, 2.05) is 0 Å². The van der Waals surface area contributed by atoms with E-state index in [1.165, 1.54) is 31.4 Å². The predicted molar refractivity (Wildman–Crippen MR) is 63.7 cm³/mol. The second kappa shape index (κ2) is 8.10. The first-order valence-electron chi connectivity index (χ1n) is 5.24. The summed E-state index contributed by atoms with van der Waals surface area (Å²) in [6.45, 7) is 4.94. The van der Waals surface area contributed by atoms with Crippen LogP contribution in [-0.4, -0.2) is 54.2 Å². The molecule has 0 radical (unpaired) electrons. The monoisotopic (exact) mass is 514 g/mol. The molecule has 19 heavy (non-hydrogen) atoms. The number of carbonyl (C=O) groups is 2. The van der Waals surface area contributed by atoms with Gasteiger partial charge >= 0.3 is 12.1 Å². The first-order chi connectivity index (χ1) is 8.37. The van der Waals surface area contributed by atoms with Crippen LogP contribution in [0.25, 0.3) is 0 Å². The molecule has 1 atom stereocenters. The molecule has 0 fully saturated rings. The van der Waals surface area contributed by atoms with Gasteiger partial charge in [0.15, 0.2) is 0 Å². The molecule has 0 spiro atoms. The average Bonchev–Trinajstić information content (AvgIpc) is 2.33. The summed E-state index contributed by atoms with van der Waals surface area (Å²) in [5, 5.41) is 11.1. The fraction of sp³-hybridized carbons (Fsp3) is 0.545. The molecule has 7 nitrogen and oxygen atoms in total. The van der Waals surface area contributed by atoms with Crippen LogP contribution in [0.5, 0.6) is 0 Å². The minimum atomic E-state index is -1.46. The van der Waals surface area contributed by atoms with Gasteiger partial charge in [-0.2, -0.15) is 6.41 Å². The number of carboxylic acids is 1. The fourth-order valence-electron chi connectivity index (χ4n) is 1.06. The third-order valence-corrected chi connectivity index (χ3v) is 2.38. The van der Waals surface area contributed by atoms with Gasteiger partial charge in [-0.25, -0.2) is 9.59 Å². The van der Waals surface area contributed by atoms with Gasteiger partial charge in [0.1, 0.15) is 12.1 Å². The van der Waals surface area contributed by atoms with E-state index in [1.54, 1.807) is 0 Å². The molecular formula is C11H17FmN2O5-. The maximum atomic E-state index is 11.4. The Morgan fingerprint density at radius 2 is 2.16 bits per heavy atom. The van der Waals surface area contributed by atoms with Gasteiger partial charge < -0.3 is 24.9 Å². The number of rotatable bonds is 8. The van der Waals surface area contributed by atoms with Gasteiger partial charge in [0.05, 0.1) is 0 Å². The Hall–Kier alpha value is -3.05. The Bertz CT molecular complexity index is 337. The summed E-state index contributed by atoms with van der Waals surface area (Å²) in [6.07, 6.45) is 2.23. The van der Waals surface area contributed by atoms with Gasteiger partial charge in [-0.1, -0.05) is 12.7 Å². The number of nitrogens with one attached hydrogen (secondary N) is 1. The van der Waals surface area contributed by atoms with Crippen LogP contribution in [0.3, 0.4) is 0 Å². The van der Waals surface area contributed by atoms with Crippen LogP contribution in [0.1, 0.15) is 13.3 Å². The van der Waals surface area contributed by atoms with E-state index in [0.717, 1.165) is 0 Å². The van der Waals surface area contributed by atoms with Crippen LogP contribution in [0.2, 0.25) is 0 Å². The molecule has 2 N–H and O–H groups in total. The van der Waals surface area contributed by atoms with E-state index in [9.17, 15) is 14.4 Å². The molecule has 0 aliphatic carbocycles. The van der Waals surface area contributed by atoms with Crippen LogP contribution in [0, 0.1) is 0 Å². The minimum absolute atomic E-state index is 0. The number of amides is 2. The van der Waals surface area contributed by atoms with Crippen molar-refractivity contribution in [2.24, 2.45) is 0 Å². The van der Waals surface area contributed by atoms with Crippen molar-refractivity contribution in [1.29, 1.82) is 0 Å². The number of carboxylic acid groups (broad SMARTS) is 1. The zero-order chi connectivity index (χ0) is 14.2. The van der Waals surface area contributed by atoms with Crippen LogP contribution >= 0.6 is 0 Å². The molecule has 1 unspecified atom stereocenters. The number of aliphatic carboxylic acids is 1. The molecule has 0 aromatic carbocycles. The van der Waals surface area contributed by atoms with Crippen LogP contribution in [0.15, 0.2) is 12.7 Å². The van der Waals surface area contributed by atoms with Gasteiger partial charge in [0, 0.05) is 13.6 Å². The van der Waals surface area contributed by atoms with E-state index in [4.69, 9.17) is 9.84 Å². The van der Waals surface area contributed by atoms with Crippen LogP contribution < -0.4 is 5.32 Å². The van der Waals surface area contributed by atoms with E-state index < -0.39 is 17.6 Å². The molecule has 8 heteroatoms. The summed E-state index contributed by atoms with van der Waals surface area (Å²) in [5.41, 5.74) is -1.46. The number of ether oxygens (including phenoxy) is 1. The summed E-state index contributed by atoms with van der Waals surface area (Å²) < 4.78 is 4.76. The summed E-state index contributed by atoms with van der Waals surface area (Å²) in [6, 6.07) is 0. The second-order valence-corrected chi connectivity index (χ2v) is 3.90. The molecular weight excluding hydrogens is 497 g/mol. The van der Waals surface area contributed by atoms with Gasteiger partial charge in [-0.15, -0.1) is 0 Å². The van der Waals surface area contributed by atoms with Crippen LogP contribution in [-0.2, 0) is 14.3 Å². The standard InChI is InChI=1S/C11H17N2O5.Fm/c1-4-7-18-10(17)13(3)6-5-11(2,9(15)16)12-8-14;/h4H,1,5-7H2,2-3H3,(H,12,14)(H,15,16);/q-1;. The molecule has 0 rings (SSSR count). The minimum Gasteiger partial charge on any atom is -0.520 e. The first-order valence-corrected chi connectivity index (χ1v) is 5.24. The normalized spacial score (nSPS) is 12.3. The Kier molecular flexibility index (Phi) is 7.81. The van der Waals surface area contributed by atoms with Crippen molar-refractivity contribution >= 4 is 18.5 Å². The van der Waals surface area contributed by atoms with E-state index >= 15 is 0 Å². The zero-order valence-corrected chi connectivity index (χ0v) is 13.1. The van der Waals surface area contributed by atoms with Crippen molar-refractivity contribution < 1.29 is 24.2 Å². The average molecular weight is 514 g/mol. The van der Waals surface area contributed by atoms with Gasteiger partial charge in [0.25, 0.3) is 0 Å². The van der Waals surface area contributed by atoms with Crippen molar-refractivity contribution in [3.05, 3.63) is 12.7 Å². The smallest absolute Gasteiger partial charge is 0.409 e. The van der Waals surface area contributed by atoms with Gasteiger partial charge in [-0.05, 0) is 13.3 Å². The van der Waals surface area contributed by atoms with E-state index in [0.29, 0.717) is 0 Å². The molecule has 0 saturated heterocycles. The van der Waals surface area contributed by atoms with Crippen molar-refractivity contribution in [3.8, 4) is 0 Å². The largest absolute Gasteiger partial charge is 0.520 e. The van der Waals surface area contributed by atoms with Crippen molar-refractivity contribution in [2.45, 2.75) is 18.9 Å². The summed E-state index contributed by atoms with van der Waals surface area (Å²) in [7, 11) is 1.47. The molecule has 0 heterocycles. The first kappa shape index (κ1) is 18.3. The molecule has 0 saturated carbocycles. The van der Waals surface area contributed by atoms with Gasteiger partial charge in [-0.3, -0.25) is 0 Å². The summed E-state index contributed by atoms with van der Waals surface area (Å²) >= 11 is 0. The fourth-order valence-corrected chi connectivity index (χ4v) is 1.06. The number of hydrogen-bond donors (Lipinski definition) is 2. The quantitative estimate of drug-likeness (QED) is 0.273. The Morgan fingerprint density at radius 1 is 1.58 bits per heavy atom. The van der Waals surface area contributed by atoms with Crippen LogP contribution in [0.4, 0.5) is 4.79 Å². The molecule has 0 bridgehead atoms. The van der Waals surface area contributed by atoms with Crippen molar-refractivity contribution in [1.82, 2.24) is 10.2 Å². The summed E-state index contributed by atoms with van der Waals surface area (Å²) in [5.74, 6) is -1.20. The molecule has 114 valence electrons. The number of carbonyl (C=O) groups excluding carboxylic acids is 2. The maximum absolute atomic E-state index is 11.4. The number of nitrogens with zero attached hydrogens (tertiary/aromatic N) is 1. The predicted octanol–water partition coefficient (Wildman–Crippen LogP) is 0.131. The molecule has 0 aliphatic heterocycles. The Labute approximate surface area is 105 Å². The van der Waals surface area contributed by atoms with Gasteiger partial charge in [0.2, 0.25) is 0 Å². The zero-order valence-electron chi connectivity index (χ0n) is 10.7. The second-order valence-electron chi connectivity index (χ2n) is 3.90. The van der Waals surface area contributed by atoms with E-state index in [-0.39, 0.29) is 19.6 Å². The molecule has 0 aliphatic rings.